The number of hydrogen-bond acceptors (Lipinski definition) is 4. The molecule has 0 spiro atoms. The number of carbonyl (C=O) groups is 1. The van der Waals surface area contributed by atoms with Crippen molar-refractivity contribution in [3.8, 4) is 11.5 Å². The molecule has 0 unspecified atom stereocenters. The van der Waals surface area contributed by atoms with E-state index in [1.165, 1.54) is 7.11 Å². The first kappa shape index (κ1) is 9.83. The minimum Gasteiger partial charge on any atom is -0.497 e. The number of methoxy groups -OCH3 is 2. The third-order valence-corrected chi connectivity index (χ3v) is 2.41. The highest BCUT2D eigenvalue weighted by atomic mass is 16.6. The summed E-state index contributed by atoms with van der Waals surface area (Å²) in [5.41, 5.74) is 1.01. The quantitative estimate of drug-likeness (QED) is 0.684. The molecule has 2 rings (SSSR count). The normalized spacial score (nSPS) is 17.9. The van der Waals surface area contributed by atoms with E-state index in [-0.39, 0.29) is 5.97 Å². The molecule has 4 nitrogen and oxygen atoms in total. The highest BCUT2D eigenvalue weighted by molar-refractivity contribution is 5.76. The van der Waals surface area contributed by atoms with Crippen LogP contribution in [0.15, 0.2) is 18.2 Å². The van der Waals surface area contributed by atoms with Crippen LogP contribution in [0.4, 0.5) is 0 Å². The van der Waals surface area contributed by atoms with Gasteiger partial charge in [0.1, 0.15) is 11.5 Å². The maximum absolute atomic E-state index is 11.3. The molecule has 0 aliphatic carbocycles. The Kier molecular flexibility index (Phi) is 2.49. The Balaban J connectivity index is 2.20. The van der Waals surface area contributed by atoms with Gasteiger partial charge in [0.05, 0.1) is 14.2 Å². The van der Waals surface area contributed by atoms with Crippen LogP contribution in [0.25, 0.3) is 0 Å². The molecule has 4 heteroatoms. The van der Waals surface area contributed by atoms with Gasteiger partial charge in [-0.1, -0.05) is 6.07 Å². The average Bonchev–Trinajstić information content (AvgIpc) is 2.70. The SMILES string of the molecule is COC(=O)[C@@H]1Cc2ccc(OC)cc2O1. The number of ether oxygens (including phenoxy) is 3. The fourth-order valence-electron chi connectivity index (χ4n) is 1.60. The van der Waals surface area contributed by atoms with Gasteiger partial charge in [0.25, 0.3) is 0 Å². The second kappa shape index (κ2) is 3.81. The summed E-state index contributed by atoms with van der Waals surface area (Å²) in [6.07, 6.45) is 0.0449. The Labute approximate surface area is 87.8 Å². The van der Waals surface area contributed by atoms with Gasteiger partial charge < -0.3 is 14.2 Å². The lowest BCUT2D eigenvalue weighted by Gasteiger charge is -2.07. The summed E-state index contributed by atoms with van der Waals surface area (Å²) in [7, 11) is 2.95. The van der Waals surface area contributed by atoms with Gasteiger partial charge in [0.15, 0.2) is 6.10 Å². The molecule has 0 saturated carbocycles. The lowest BCUT2D eigenvalue weighted by molar-refractivity contribution is -0.147. The van der Waals surface area contributed by atoms with Gasteiger partial charge in [-0.2, -0.15) is 0 Å². The van der Waals surface area contributed by atoms with E-state index in [0.29, 0.717) is 12.2 Å². The second-order valence-electron chi connectivity index (χ2n) is 3.31. The molecule has 0 radical (unpaired) electrons. The van der Waals surface area contributed by atoms with Crippen molar-refractivity contribution in [1.82, 2.24) is 0 Å². The smallest absolute Gasteiger partial charge is 0.347 e. The molecule has 15 heavy (non-hydrogen) atoms. The lowest BCUT2D eigenvalue weighted by atomic mass is 10.1. The zero-order valence-electron chi connectivity index (χ0n) is 8.65. The third kappa shape index (κ3) is 1.75. The van der Waals surface area contributed by atoms with Crippen LogP contribution in [-0.4, -0.2) is 26.3 Å². The minimum absolute atomic E-state index is 0.342. The number of rotatable bonds is 2. The Morgan fingerprint density at radius 3 is 2.93 bits per heavy atom. The van der Waals surface area contributed by atoms with Gasteiger partial charge in [-0.15, -0.1) is 0 Å². The van der Waals surface area contributed by atoms with Crippen molar-refractivity contribution in [2.75, 3.05) is 14.2 Å². The molecule has 80 valence electrons. The van der Waals surface area contributed by atoms with Crippen molar-refractivity contribution in [2.24, 2.45) is 0 Å². The van der Waals surface area contributed by atoms with Gasteiger partial charge in [-0.3, -0.25) is 0 Å². The van der Waals surface area contributed by atoms with E-state index in [1.54, 1.807) is 13.2 Å². The van der Waals surface area contributed by atoms with Crippen LogP contribution in [0.3, 0.4) is 0 Å². The van der Waals surface area contributed by atoms with Gasteiger partial charge in [-0.25, -0.2) is 4.79 Å². The highest BCUT2D eigenvalue weighted by Crippen LogP contribution is 2.32. The van der Waals surface area contributed by atoms with E-state index >= 15 is 0 Å². The Hall–Kier alpha value is -1.71. The summed E-state index contributed by atoms with van der Waals surface area (Å²) < 4.78 is 15.1. The molecule has 1 aliphatic rings. The van der Waals surface area contributed by atoms with Gasteiger partial charge in [-0.05, 0) is 11.6 Å². The fraction of sp³-hybridized carbons (Fsp3) is 0.364. The molecule has 0 saturated heterocycles. The predicted molar refractivity (Wildman–Crippen MR) is 53.1 cm³/mol. The molecular formula is C11H12O4. The van der Waals surface area contributed by atoms with Crippen molar-refractivity contribution in [3.63, 3.8) is 0 Å². The monoisotopic (exact) mass is 208 g/mol. The molecule has 0 aromatic heterocycles. The largest absolute Gasteiger partial charge is 0.497 e. The number of esters is 1. The van der Waals surface area contributed by atoms with Crippen LogP contribution in [-0.2, 0) is 16.0 Å². The van der Waals surface area contributed by atoms with E-state index in [9.17, 15) is 4.79 Å². The van der Waals surface area contributed by atoms with E-state index in [4.69, 9.17) is 9.47 Å². The first-order chi connectivity index (χ1) is 7.24. The number of fused-ring (bicyclic) bond motifs is 1. The summed E-state index contributed by atoms with van der Waals surface area (Å²) in [6, 6.07) is 5.53. The average molecular weight is 208 g/mol. The predicted octanol–water partition coefficient (Wildman–Crippen LogP) is 1.17. The molecule has 0 bridgehead atoms. The van der Waals surface area contributed by atoms with E-state index < -0.39 is 6.10 Å². The summed E-state index contributed by atoms with van der Waals surface area (Å²) in [4.78, 5) is 11.3. The molecule has 1 aliphatic heterocycles. The van der Waals surface area contributed by atoms with E-state index in [2.05, 4.69) is 4.74 Å². The molecule has 0 N–H and O–H groups in total. The van der Waals surface area contributed by atoms with Crippen molar-refractivity contribution < 1.29 is 19.0 Å². The maximum atomic E-state index is 11.3. The Bertz CT molecular complexity index is 386. The molecule has 1 heterocycles. The van der Waals surface area contributed by atoms with Crippen molar-refractivity contribution in [2.45, 2.75) is 12.5 Å². The van der Waals surface area contributed by atoms with Crippen LogP contribution in [0.5, 0.6) is 11.5 Å². The molecule has 1 aromatic rings. The Morgan fingerprint density at radius 2 is 2.27 bits per heavy atom. The summed E-state index contributed by atoms with van der Waals surface area (Å²) >= 11 is 0. The summed E-state index contributed by atoms with van der Waals surface area (Å²) in [6.45, 7) is 0. The molecule has 1 aromatic carbocycles. The molecule has 1 atom stereocenters. The van der Waals surface area contributed by atoms with Crippen LogP contribution in [0, 0.1) is 0 Å². The number of hydrogen-bond donors (Lipinski definition) is 0. The van der Waals surface area contributed by atoms with Crippen LogP contribution in [0.2, 0.25) is 0 Å². The lowest BCUT2D eigenvalue weighted by Crippen LogP contribution is -2.26. The third-order valence-electron chi connectivity index (χ3n) is 2.41. The van der Waals surface area contributed by atoms with Crippen molar-refractivity contribution in [1.29, 1.82) is 0 Å². The van der Waals surface area contributed by atoms with Crippen LogP contribution < -0.4 is 9.47 Å². The molecule has 0 fully saturated rings. The second-order valence-corrected chi connectivity index (χ2v) is 3.31. The first-order valence-electron chi connectivity index (χ1n) is 4.66. The maximum Gasteiger partial charge on any atom is 0.347 e. The van der Waals surface area contributed by atoms with Crippen molar-refractivity contribution in [3.05, 3.63) is 23.8 Å². The highest BCUT2D eigenvalue weighted by Gasteiger charge is 2.29. The molecular weight excluding hydrogens is 196 g/mol. The fourth-order valence-corrected chi connectivity index (χ4v) is 1.60. The van der Waals surface area contributed by atoms with Gasteiger partial charge >= 0.3 is 5.97 Å². The van der Waals surface area contributed by atoms with Crippen LogP contribution >= 0.6 is 0 Å². The van der Waals surface area contributed by atoms with E-state index in [1.807, 2.05) is 12.1 Å². The van der Waals surface area contributed by atoms with Crippen molar-refractivity contribution >= 4 is 5.97 Å². The number of benzene rings is 1. The van der Waals surface area contributed by atoms with Crippen LogP contribution in [0.1, 0.15) is 5.56 Å². The first-order valence-corrected chi connectivity index (χ1v) is 4.66. The molecule has 0 amide bonds. The zero-order valence-corrected chi connectivity index (χ0v) is 8.65. The summed E-state index contributed by atoms with van der Waals surface area (Å²) in [5.74, 6) is 1.08. The van der Waals surface area contributed by atoms with Gasteiger partial charge in [0.2, 0.25) is 0 Å². The standard InChI is InChI=1S/C11H12O4/c1-13-8-4-3-7-5-10(11(12)14-2)15-9(7)6-8/h3-4,6,10H,5H2,1-2H3/t10-/m0/s1. The Morgan fingerprint density at radius 1 is 1.47 bits per heavy atom. The van der Waals surface area contributed by atoms with E-state index in [0.717, 1.165) is 11.3 Å². The zero-order chi connectivity index (χ0) is 10.8. The topological polar surface area (TPSA) is 44.8 Å². The van der Waals surface area contributed by atoms with Gasteiger partial charge in [0, 0.05) is 12.5 Å². The summed E-state index contributed by atoms with van der Waals surface area (Å²) in [5, 5.41) is 0. The number of carbonyl (C=O) groups excluding carboxylic acids is 1. The minimum atomic E-state index is -0.517.